The third-order valence-electron chi connectivity index (χ3n) is 2.70. The molecule has 122 valence electrons. The fourth-order valence-electron chi connectivity index (χ4n) is 1.59. The second kappa shape index (κ2) is 11.6. The summed E-state index contributed by atoms with van der Waals surface area (Å²) in [4.78, 5) is 2.00. The second-order valence-corrected chi connectivity index (χ2v) is 5.85. The van der Waals surface area contributed by atoms with Crippen molar-refractivity contribution in [2.24, 2.45) is 0 Å². The molecule has 0 saturated carbocycles. The zero-order valence-electron chi connectivity index (χ0n) is 12.4. The van der Waals surface area contributed by atoms with Gasteiger partial charge < -0.3 is 10.2 Å². The summed E-state index contributed by atoms with van der Waals surface area (Å²) in [7, 11) is -4.00. The van der Waals surface area contributed by atoms with Gasteiger partial charge in [-0.1, -0.05) is 31.5 Å². The lowest BCUT2D eigenvalue weighted by atomic mass is 10.3. The van der Waals surface area contributed by atoms with Crippen molar-refractivity contribution in [3.8, 4) is 0 Å². The molecule has 0 saturated heterocycles. The monoisotopic (exact) mass is 319 g/mol. The Kier molecular flexibility index (Phi) is 11.1. The number of unbranched alkanes of at least 4 members (excludes halogenated alkanes) is 1. The lowest BCUT2D eigenvalue weighted by Gasteiger charge is -2.19. The molecule has 3 N–H and O–H groups in total. The highest BCUT2D eigenvalue weighted by molar-refractivity contribution is 7.85. The van der Waals surface area contributed by atoms with Crippen LogP contribution < -0.4 is 0 Å². The Labute approximate surface area is 126 Å². The van der Waals surface area contributed by atoms with Crippen molar-refractivity contribution in [3.05, 3.63) is 30.3 Å². The summed E-state index contributed by atoms with van der Waals surface area (Å²) in [6.45, 7) is 4.85. The topological polar surface area (TPSA) is 98.1 Å². The Balaban J connectivity index is 0.000000382. The molecule has 0 aliphatic rings. The van der Waals surface area contributed by atoms with Gasteiger partial charge in [-0.25, -0.2) is 0 Å². The van der Waals surface area contributed by atoms with Crippen LogP contribution in [0.3, 0.4) is 0 Å². The van der Waals surface area contributed by atoms with Crippen molar-refractivity contribution in [2.75, 3.05) is 32.8 Å². The van der Waals surface area contributed by atoms with Crippen LogP contribution in [0.5, 0.6) is 0 Å². The van der Waals surface area contributed by atoms with Gasteiger partial charge in [0, 0.05) is 13.1 Å². The minimum atomic E-state index is -4.00. The molecule has 1 aromatic rings. The Morgan fingerprint density at radius 1 is 1.00 bits per heavy atom. The van der Waals surface area contributed by atoms with Gasteiger partial charge in [0.25, 0.3) is 10.1 Å². The van der Waals surface area contributed by atoms with Gasteiger partial charge in [0.15, 0.2) is 0 Å². The maximum atomic E-state index is 10.4. The lowest BCUT2D eigenvalue weighted by Crippen LogP contribution is -2.30. The van der Waals surface area contributed by atoms with E-state index >= 15 is 0 Å². The van der Waals surface area contributed by atoms with Crippen molar-refractivity contribution < 1.29 is 23.2 Å². The first kappa shape index (κ1) is 20.0. The van der Waals surface area contributed by atoms with Gasteiger partial charge in [0.05, 0.1) is 18.1 Å². The highest BCUT2D eigenvalue weighted by Gasteiger charge is 2.05. The van der Waals surface area contributed by atoms with Crippen LogP contribution in [0.1, 0.15) is 19.8 Å². The van der Waals surface area contributed by atoms with Crippen molar-refractivity contribution >= 4 is 10.1 Å². The molecule has 0 bridgehead atoms. The van der Waals surface area contributed by atoms with Gasteiger partial charge in [0.1, 0.15) is 0 Å². The van der Waals surface area contributed by atoms with E-state index in [0.29, 0.717) is 13.1 Å². The first-order valence-corrected chi connectivity index (χ1v) is 8.36. The van der Waals surface area contributed by atoms with Gasteiger partial charge in [0.2, 0.25) is 0 Å². The van der Waals surface area contributed by atoms with Gasteiger partial charge in [-0.3, -0.25) is 9.45 Å². The van der Waals surface area contributed by atoms with E-state index in [4.69, 9.17) is 14.8 Å². The molecule has 0 fully saturated rings. The van der Waals surface area contributed by atoms with E-state index in [1.54, 1.807) is 18.2 Å². The Morgan fingerprint density at radius 2 is 1.52 bits per heavy atom. The number of hydrogen-bond donors (Lipinski definition) is 3. The van der Waals surface area contributed by atoms with Crippen LogP contribution in [0.4, 0.5) is 0 Å². The zero-order chi connectivity index (χ0) is 16.1. The van der Waals surface area contributed by atoms with Crippen LogP contribution in [0.25, 0.3) is 0 Å². The van der Waals surface area contributed by atoms with Gasteiger partial charge in [-0.05, 0) is 25.1 Å². The number of hydrogen-bond acceptors (Lipinski definition) is 5. The highest BCUT2D eigenvalue weighted by Crippen LogP contribution is 2.05. The first-order chi connectivity index (χ1) is 9.95. The predicted molar refractivity (Wildman–Crippen MR) is 81.8 cm³/mol. The molecule has 7 heteroatoms. The predicted octanol–water partition coefficient (Wildman–Crippen LogP) is 1.01. The van der Waals surface area contributed by atoms with Crippen molar-refractivity contribution in [1.29, 1.82) is 0 Å². The fraction of sp³-hybridized carbons (Fsp3) is 0.571. The van der Waals surface area contributed by atoms with Crippen molar-refractivity contribution in [3.63, 3.8) is 0 Å². The molecule has 6 nitrogen and oxygen atoms in total. The van der Waals surface area contributed by atoms with Gasteiger partial charge in [-0.2, -0.15) is 8.42 Å². The normalized spacial score (nSPS) is 11.1. The van der Waals surface area contributed by atoms with Crippen LogP contribution in [0.15, 0.2) is 35.2 Å². The molecule has 0 amide bonds. The summed E-state index contributed by atoms with van der Waals surface area (Å²) in [6, 6.07) is 7.42. The number of benzene rings is 1. The SMILES string of the molecule is CCCCN(CCO)CCO.O=S(=O)(O)c1ccccc1. The Bertz CT molecular complexity index is 444. The van der Waals surface area contributed by atoms with Crippen molar-refractivity contribution in [2.45, 2.75) is 24.7 Å². The number of nitrogens with zero attached hydrogens (tertiary/aromatic N) is 1. The molecule has 0 spiro atoms. The molecule has 21 heavy (non-hydrogen) atoms. The average molecular weight is 319 g/mol. The molecule has 0 aliphatic heterocycles. The molecule has 0 unspecified atom stereocenters. The van der Waals surface area contributed by atoms with E-state index in [1.165, 1.54) is 12.1 Å². The van der Waals surface area contributed by atoms with Gasteiger partial charge >= 0.3 is 0 Å². The number of aliphatic hydroxyl groups excluding tert-OH is 2. The standard InChI is InChI=1S/C8H19NO2.C6H6O3S/c1-2-3-4-9(5-7-10)6-8-11;7-10(8,9)6-4-2-1-3-5-6/h10-11H,2-8H2,1H3;1-5H,(H,7,8,9). The van der Waals surface area contributed by atoms with Crippen LogP contribution in [0.2, 0.25) is 0 Å². The third kappa shape index (κ3) is 10.4. The molecule has 0 heterocycles. The van der Waals surface area contributed by atoms with Crippen molar-refractivity contribution in [1.82, 2.24) is 4.90 Å². The second-order valence-electron chi connectivity index (χ2n) is 4.43. The maximum absolute atomic E-state index is 10.4. The first-order valence-electron chi connectivity index (χ1n) is 6.92. The Morgan fingerprint density at radius 3 is 1.86 bits per heavy atom. The summed E-state index contributed by atoms with van der Waals surface area (Å²) in [5.74, 6) is 0. The smallest absolute Gasteiger partial charge is 0.294 e. The molecule has 0 atom stereocenters. The minimum absolute atomic E-state index is 0.0741. The maximum Gasteiger partial charge on any atom is 0.294 e. The van der Waals surface area contributed by atoms with Gasteiger partial charge in [-0.15, -0.1) is 0 Å². The Hall–Kier alpha value is -0.990. The zero-order valence-corrected chi connectivity index (χ0v) is 13.2. The number of rotatable bonds is 8. The lowest BCUT2D eigenvalue weighted by molar-refractivity contribution is 0.159. The van der Waals surface area contributed by atoms with Crippen LogP contribution in [-0.2, 0) is 10.1 Å². The summed E-state index contributed by atoms with van der Waals surface area (Å²) in [5.41, 5.74) is 0. The highest BCUT2D eigenvalue weighted by atomic mass is 32.2. The molecular formula is C14H25NO5S. The minimum Gasteiger partial charge on any atom is -0.395 e. The molecule has 1 aromatic carbocycles. The summed E-state index contributed by atoms with van der Waals surface area (Å²) < 4.78 is 29.2. The van der Waals surface area contributed by atoms with Crippen LogP contribution in [0, 0.1) is 0 Å². The molecule has 0 radical (unpaired) electrons. The van der Waals surface area contributed by atoms with E-state index in [9.17, 15) is 8.42 Å². The third-order valence-corrected chi connectivity index (χ3v) is 3.57. The summed E-state index contributed by atoms with van der Waals surface area (Å²) >= 11 is 0. The number of aliphatic hydroxyl groups is 2. The summed E-state index contributed by atoms with van der Waals surface area (Å²) in [6.07, 6.45) is 2.30. The van der Waals surface area contributed by atoms with E-state index in [0.717, 1.165) is 19.4 Å². The molecular weight excluding hydrogens is 294 g/mol. The van der Waals surface area contributed by atoms with E-state index in [2.05, 4.69) is 11.8 Å². The molecule has 0 aliphatic carbocycles. The van der Waals surface area contributed by atoms with E-state index in [1.807, 2.05) is 0 Å². The molecule has 1 rings (SSSR count). The van der Waals surface area contributed by atoms with Crippen LogP contribution in [-0.4, -0.2) is 60.9 Å². The average Bonchev–Trinajstić information content (AvgIpc) is 2.46. The van der Waals surface area contributed by atoms with E-state index in [-0.39, 0.29) is 18.1 Å². The summed E-state index contributed by atoms with van der Waals surface area (Å²) in [5, 5.41) is 17.3. The largest absolute Gasteiger partial charge is 0.395 e. The van der Waals surface area contributed by atoms with Crippen LogP contribution >= 0.6 is 0 Å². The van der Waals surface area contributed by atoms with E-state index < -0.39 is 10.1 Å². The fourth-order valence-corrected chi connectivity index (χ4v) is 2.09. The quantitative estimate of drug-likeness (QED) is 0.619. The molecule has 0 aromatic heterocycles.